The number of nitrogens with zero attached hydrogens (tertiary/aromatic N) is 3. The van der Waals surface area contributed by atoms with Crippen molar-refractivity contribution in [1.82, 2.24) is 14.8 Å². The Morgan fingerprint density at radius 3 is 2.66 bits per heavy atom. The third kappa shape index (κ3) is 4.52. The Balaban J connectivity index is 1.56. The van der Waals surface area contributed by atoms with E-state index in [9.17, 15) is 4.79 Å². The summed E-state index contributed by atoms with van der Waals surface area (Å²) in [5, 5.41) is 9.57. The molecule has 2 aromatic carbocycles. The van der Waals surface area contributed by atoms with Crippen molar-refractivity contribution < 1.29 is 14.3 Å². The lowest BCUT2D eigenvalue weighted by Gasteiger charge is -2.38. The highest BCUT2D eigenvalue weighted by molar-refractivity contribution is 7.98. The molecule has 2 aliphatic rings. The number of carbonyl (C=O) groups is 1. The number of aromatic nitrogens is 3. The number of halogens is 1. The van der Waals surface area contributed by atoms with Crippen LogP contribution in [0.3, 0.4) is 0 Å². The van der Waals surface area contributed by atoms with Gasteiger partial charge < -0.3 is 14.8 Å². The van der Waals surface area contributed by atoms with Gasteiger partial charge in [-0.15, -0.1) is 5.10 Å². The minimum atomic E-state index is -0.410. The Bertz CT molecular complexity index is 1330. The van der Waals surface area contributed by atoms with Gasteiger partial charge in [-0.25, -0.2) is 4.68 Å². The SMILES string of the molecule is COc1ccc([C@H]2C3=C(CC(C)(C)CC3=O)Nc3nc(SCc4ccccc4Cl)nn32)cc1OC. The summed E-state index contributed by atoms with van der Waals surface area (Å²) in [6, 6.07) is 13.1. The minimum absolute atomic E-state index is 0.120. The van der Waals surface area contributed by atoms with Crippen molar-refractivity contribution in [2.75, 3.05) is 19.5 Å². The number of Topliss-reactive ketones (excluding diaryl/α,β-unsaturated/α-hetero) is 1. The Morgan fingerprint density at radius 1 is 1.14 bits per heavy atom. The third-order valence-electron chi connectivity index (χ3n) is 6.35. The molecule has 182 valence electrons. The second-order valence-electron chi connectivity index (χ2n) is 9.52. The fourth-order valence-corrected chi connectivity index (χ4v) is 5.85. The molecule has 0 amide bonds. The summed E-state index contributed by atoms with van der Waals surface area (Å²) in [6.45, 7) is 4.23. The first kappa shape index (κ1) is 23.8. The topological polar surface area (TPSA) is 78.3 Å². The maximum atomic E-state index is 13.4. The fourth-order valence-electron chi connectivity index (χ4n) is 4.74. The number of methoxy groups -OCH3 is 2. The van der Waals surface area contributed by atoms with E-state index in [0.717, 1.165) is 33.8 Å². The van der Waals surface area contributed by atoms with Crippen LogP contribution in [-0.2, 0) is 10.5 Å². The molecule has 0 bridgehead atoms. The predicted octanol–water partition coefficient (Wildman–Crippen LogP) is 5.90. The molecule has 0 radical (unpaired) electrons. The second-order valence-corrected chi connectivity index (χ2v) is 10.9. The highest BCUT2D eigenvalue weighted by Crippen LogP contribution is 2.46. The van der Waals surface area contributed by atoms with E-state index in [-0.39, 0.29) is 11.2 Å². The molecule has 35 heavy (non-hydrogen) atoms. The van der Waals surface area contributed by atoms with E-state index in [1.54, 1.807) is 14.2 Å². The number of carbonyl (C=O) groups excluding carboxylic acids is 1. The molecule has 1 N–H and O–H groups in total. The molecule has 0 saturated heterocycles. The predicted molar refractivity (Wildman–Crippen MR) is 137 cm³/mol. The summed E-state index contributed by atoms with van der Waals surface area (Å²) >= 11 is 7.85. The van der Waals surface area contributed by atoms with Gasteiger partial charge in [0.1, 0.15) is 6.04 Å². The number of fused-ring (bicyclic) bond motifs is 1. The average Bonchev–Trinajstić information content (AvgIpc) is 3.23. The number of nitrogens with one attached hydrogen (secondary N) is 1. The van der Waals surface area contributed by atoms with Crippen LogP contribution >= 0.6 is 23.4 Å². The summed E-state index contributed by atoms with van der Waals surface area (Å²) in [7, 11) is 3.21. The van der Waals surface area contributed by atoms with Crippen molar-refractivity contribution in [1.29, 1.82) is 0 Å². The number of ether oxygens (including phenoxy) is 2. The van der Waals surface area contributed by atoms with Gasteiger partial charge in [-0.2, -0.15) is 4.98 Å². The van der Waals surface area contributed by atoms with Gasteiger partial charge in [0, 0.05) is 28.5 Å². The lowest BCUT2D eigenvalue weighted by molar-refractivity contribution is -0.118. The monoisotopic (exact) mass is 510 g/mol. The lowest BCUT2D eigenvalue weighted by Crippen LogP contribution is -2.36. The zero-order valence-electron chi connectivity index (χ0n) is 20.1. The first-order valence-corrected chi connectivity index (χ1v) is 12.7. The molecule has 3 aromatic rings. The fraction of sp³-hybridized carbons (Fsp3) is 0.346. The van der Waals surface area contributed by atoms with Crippen LogP contribution in [0.15, 0.2) is 58.9 Å². The van der Waals surface area contributed by atoms with Crippen molar-refractivity contribution in [3.63, 3.8) is 0 Å². The van der Waals surface area contributed by atoms with Gasteiger partial charge >= 0.3 is 0 Å². The summed E-state index contributed by atoms with van der Waals surface area (Å²) in [6.07, 6.45) is 1.24. The number of rotatable bonds is 6. The van der Waals surface area contributed by atoms with E-state index < -0.39 is 6.04 Å². The first-order valence-electron chi connectivity index (χ1n) is 11.4. The normalized spacial score (nSPS) is 18.5. The van der Waals surface area contributed by atoms with Crippen molar-refractivity contribution >= 4 is 35.1 Å². The van der Waals surface area contributed by atoms with Gasteiger partial charge in [-0.3, -0.25) is 4.79 Å². The maximum absolute atomic E-state index is 13.4. The molecule has 1 atom stereocenters. The largest absolute Gasteiger partial charge is 0.493 e. The molecule has 0 spiro atoms. The molecular formula is C26H27ClN4O3S. The van der Waals surface area contributed by atoms with Gasteiger partial charge in [-0.1, -0.05) is 61.5 Å². The van der Waals surface area contributed by atoms with Crippen molar-refractivity contribution in [2.45, 2.75) is 43.6 Å². The Labute approximate surface area is 213 Å². The molecule has 0 saturated carbocycles. The first-order chi connectivity index (χ1) is 16.8. The van der Waals surface area contributed by atoms with Gasteiger partial charge in [0.25, 0.3) is 0 Å². The molecule has 0 unspecified atom stereocenters. The van der Waals surface area contributed by atoms with Crippen LogP contribution in [0.1, 0.15) is 43.9 Å². The Hall–Kier alpha value is -2.97. The van der Waals surface area contributed by atoms with Gasteiger partial charge in [-0.05, 0) is 41.2 Å². The summed E-state index contributed by atoms with van der Waals surface area (Å²) in [5.41, 5.74) is 3.42. The highest BCUT2D eigenvalue weighted by atomic mass is 35.5. The molecule has 7 nitrogen and oxygen atoms in total. The van der Waals surface area contributed by atoms with E-state index in [1.807, 2.05) is 47.1 Å². The molecule has 5 rings (SSSR count). The van der Waals surface area contributed by atoms with Crippen LogP contribution < -0.4 is 14.8 Å². The zero-order chi connectivity index (χ0) is 24.7. The van der Waals surface area contributed by atoms with E-state index in [4.69, 9.17) is 31.2 Å². The number of hydrogen-bond donors (Lipinski definition) is 1. The highest BCUT2D eigenvalue weighted by Gasteiger charge is 2.42. The summed E-state index contributed by atoms with van der Waals surface area (Å²) in [5.74, 6) is 2.61. The molecule has 2 heterocycles. The van der Waals surface area contributed by atoms with Gasteiger partial charge in [0.15, 0.2) is 17.3 Å². The van der Waals surface area contributed by atoms with E-state index in [2.05, 4.69) is 19.2 Å². The number of thioether (sulfide) groups is 1. The minimum Gasteiger partial charge on any atom is -0.493 e. The van der Waals surface area contributed by atoms with Crippen LogP contribution in [0.2, 0.25) is 5.02 Å². The number of benzene rings is 2. The summed E-state index contributed by atoms with van der Waals surface area (Å²) in [4.78, 5) is 18.2. The summed E-state index contributed by atoms with van der Waals surface area (Å²) < 4.78 is 12.8. The van der Waals surface area contributed by atoms with E-state index >= 15 is 0 Å². The zero-order valence-corrected chi connectivity index (χ0v) is 21.7. The Kier molecular flexibility index (Phi) is 6.27. The van der Waals surface area contributed by atoms with Crippen LogP contribution in [0.4, 0.5) is 5.95 Å². The van der Waals surface area contributed by atoms with Crippen LogP contribution in [0.5, 0.6) is 11.5 Å². The lowest BCUT2D eigenvalue weighted by atomic mass is 9.73. The van der Waals surface area contributed by atoms with E-state index in [1.165, 1.54) is 11.8 Å². The maximum Gasteiger partial charge on any atom is 0.227 e. The van der Waals surface area contributed by atoms with Crippen LogP contribution in [-0.4, -0.2) is 34.8 Å². The Morgan fingerprint density at radius 2 is 1.91 bits per heavy atom. The quantitative estimate of drug-likeness (QED) is 0.413. The molecule has 9 heteroatoms. The molecule has 1 aliphatic carbocycles. The number of allylic oxidation sites excluding steroid dienone is 2. The van der Waals surface area contributed by atoms with Crippen molar-refractivity contribution in [3.05, 3.63) is 69.9 Å². The van der Waals surface area contributed by atoms with Gasteiger partial charge in [0.2, 0.25) is 11.1 Å². The molecular weight excluding hydrogens is 484 g/mol. The second kappa shape index (κ2) is 9.24. The third-order valence-corrected chi connectivity index (χ3v) is 7.61. The number of ketones is 1. The molecule has 1 aromatic heterocycles. The number of anilines is 1. The smallest absolute Gasteiger partial charge is 0.227 e. The molecule has 1 aliphatic heterocycles. The molecule has 0 fully saturated rings. The van der Waals surface area contributed by atoms with Crippen molar-refractivity contribution in [3.8, 4) is 11.5 Å². The van der Waals surface area contributed by atoms with Gasteiger partial charge in [0.05, 0.1) is 14.2 Å². The van der Waals surface area contributed by atoms with E-state index in [0.29, 0.717) is 34.8 Å². The number of hydrogen-bond acceptors (Lipinski definition) is 7. The average molecular weight is 511 g/mol. The standard InChI is InChI=1S/C26H27ClN4O3S/c1-26(2)12-18-22(19(32)13-26)23(15-9-10-20(33-3)21(11-15)34-4)31-24(28-18)29-25(30-31)35-14-16-7-5-6-8-17(16)27/h5-11,23H,12-14H2,1-4H3,(H,28,29,30)/t23-/m0/s1. The van der Waals surface area contributed by atoms with Crippen LogP contribution in [0.25, 0.3) is 0 Å². The van der Waals surface area contributed by atoms with Crippen LogP contribution in [0, 0.1) is 5.41 Å². The van der Waals surface area contributed by atoms with Crippen molar-refractivity contribution in [2.24, 2.45) is 5.41 Å².